The van der Waals surface area contributed by atoms with Crippen LogP contribution in [0.15, 0.2) is 59.5 Å². The van der Waals surface area contributed by atoms with Crippen molar-refractivity contribution in [1.29, 1.82) is 0 Å². The summed E-state index contributed by atoms with van der Waals surface area (Å²) in [5, 5.41) is 2.91. The zero-order valence-electron chi connectivity index (χ0n) is 16.2. The topological polar surface area (TPSA) is 69.7 Å². The number of hydrogen-bond donors (Lipinski definition) is 1. The lowest BCUT2D eigenvalue weighted by Crippen LogP contribution is -2.48. The summed E-state index contributed by atoms with van der Waals surface area (Å²) in [5.74, 6) is -0.178. The van der Waals surface area contributed by atoms with Crippen molar-refractivity contribution in [1.82, 2.24) is 15.1 Å². The lowest BCUT2D eigenvalue weighted by molar-refractivity contribution is 0.0934. The Morgan fingerprint density at radius 1 is 0.929 bits per heavy atom. The first-order valence-corrected chi connectivity index (χ1v) is 11.4. The van der Waals surface area contributed by atoms with Gasteiger partial charge in [-0.25, -0.2) is 8.42 Å². The number of piperazine rings is 1. The Morgan fingerprint density at radius 3 is 2.14 bits per heavy atom. The van der Waals surface area contributed by atoms with E-state index in [1.54, 1.807) is 12.1 Å². The molecule has 1 aliphatic rings. The fourth-order valence-electron chi connectivity index (χ4n) is 3.30. The van der Waals surface area contributed by atoms with Gasteiger partial charge in [-0.15, -0.1) is 0 Å². The van der Waals surface area contributed by atoms with Crippen LogP contribution in [-0.2, 0) is 16.4 Å². The zero-order valence-corrected chi connectivity index (χ0v) is 17.0. The molecule has 1 fully saturated rings. The third-order valence-electron chi connectivity index (χ3n) is 4.97. The Morgan fingerprint density at radius 2 is 1.54 bits per heavy atom. The van der Waals surface area contributed by atoms with Crippen molar-refractivity contribution in [2.24, 2.45) is 0 Å². The molecule has 0 aliphatic carbocycles. The molecule has 0 aromatic heterocycles. The van der Waals surface area contributed by atoms with Gasteiger partial charge < -0.3 is 5.32 Å². The molecule has 150 valence electrons. The van der Waals surface area contributed by atoms with E-state index in [-0.39, 0.29) is 10.8 Å². The molecule has 1 aliphatic heterocycles. The number of rotatable bonds is 7. The highest BCUT2D eigenvalue weighted by atomic mass is 32.2. The average molecular weight is 402 g/mol. The van der Waals surface area contributed by atoms with Gasteiger partial charge in [0.15, 0.2) is 9.84 Å². The number of carbonyl (C=O) groups is 1. The maximum absolute atomic E-state index is 12.2. The summed E-state index contributed by atoms with van der Waals surface area (Å²) in [6.07, 6.45) is 1.15. The van der Waals surface area contributed by atoms with Gasteiger partial charge in [0.05, 0.1) is 4.90 Å². The Labute approximate surface area is 167 Å². The summed E-state index contributed by atoms with van der Waals surface area (Å²) in [6, 6.07) is 16.5. The van der Waals surface area contributed by atoms with Crippen LogP contribution in [-0.4, -0.2) is 69.6 Å². The van der Waals surface area contributed by atoms with Crippen LogP contribution >= 0.6 is 0 Å². The number of amides is 1. The van der Waals surface area contributed by atoms with Gasteiger partial charge >= 0.3 is 0 Å². The lowest BCUT2D eigenvalue weighted by Gasteiger charge is -2.34. The van der Waals surface area contributed by atoms with Crippen LogP contribution in [0.5, 0.6) is 0 Å². The van der Waals surface area contributed by atoms with E-state index < -0.39 is 9.84 Å². The second-order valence-corrected chi connectivity index (χ2v) is 9.17. The molecule has 0 saturated carbocycles. The van der Waals surface area contributed by atoms with Gasteiger partial charge in [-0.1, -0.05) is 30.3 Å². The quantitative estimate of drug-likeness (QED) is 0.764. The molecule has 2 aromatic rings. The molecule has 1 amide bonds. The summed E-state index contributed by atoms with van der Waals surface area (Å²) < 4.78 is 23.0. The van der Waals surface area contributed by atoms with Gasteiger partial charge in [0.2, 0.25) is 0 Å². The molecule has 7 heteroatoms. The van der Waals surface area contributed by atoms with Crippen molar-refractivity contribution >= 4 is 15.7 Å². The highest BCUT2D eigenvalue weighted by Crippen LogP contribution is 2.10. The van der Waals surface area contributed by atoms with Crippen molar-refractivity contribution in [3.8, 4) is 0 Å². The van der Waals surface area contributed by atoms with Gasteiger partial charge in [0.1, 0.15) is 0 Å². The first-order valence-electron chi connectivity index (χ1n) is 9.49. The van der Waals surface area contributed by atoms with E-state index in [4.69, 9.17) is 0 Å². The molecular formula is C21H27N3O3S. The predicted octanol–water partition coefficient (Wildman–Crippen LogP) is 1.64. The normalized spacial score (nSPS) is 16.0. The molecule has 0 radical (unpaired) electrons. The van der Waals surface area contributed by atoms with Crippen LogP contribution in [0.25, 0.3) is 0 Å². The minimum absolute atomic E-state index is 0.178. The number of carbonyl (C=O) groups excluding carboxylic acids is 1. The van der Waals surface area contributed by atoms with E-state index in [0.717, 1.165) is 45.5 Å². The van der Waals surface area contributed by atoms with Gasteiger partial charge in [-0.2, -0.15) is 0 Å². The average Bonchev–Trinajstić information content (AvgIpc) is 2.69. The number of hydrogen-bond acceptors (Lipinski definition) is 5. The number of nitrogens with one attached hydrogen (secondary N) is 1. The smallest absolute Gasteiger partial charge is 0.251 e. The summed E-state index contributed by atoms with van der Waals surface area (Å²) in [7, 11) is -3.24. The Hall–Kier alpha value is -2.22. The van der Waals surface area contributed by atoms with Gasteiger partial charge in [0.25, 0.3) is 5.91 Å². The molecule has 3 rings (SSSR count). The van der Waals surface area contributed by atoms with Crippen molar-refractivity contribution in [2.45, 2.75) is 11.4 Å². The van der Waals surface area contributed by atoms with E-state index in [1.165, 1.54) is 17.7 Å². The Bertz CT molecular complexity index is 875. The van der Waals surface area contributed by atoms with E-state index in [1.807, 2.05) is 6.07 Å². The maximum Gasteiger partial charge on any atom is 0.251 e. The molecule has 1 saturated heterocycles. The largest absolute Gasteiger partial charge is 0.351 e. The van der Waals surface area contributed by atoms with Crippen molar-refractivity contribution in [3.63, 3.8) is 0 Å². The summed E-state index contributed by atoms with van der Waals surface area (Å²) in [5.41, 5.74) is 1.81. The molecule has 0 spiro atoms. The summed E-state index contributed by atoms with van der Waals surface area (Å²) in [6.45, 7) is 6.40. The fourth-order valence-corrected chi connectivity index (χ4v) is 3.93. The minimum Gasteiger partial charge on any atom is -0.351 e. The monoisotopic (exact) mass is 401 g/mol. The third-order valence-corrected chi connectivity index (χ3v) is 6.10. The Balaban J connectivity index is 1.38. The molecule has 0 unspecified atom stereocenters. The van der Waals surface area contributed by atoms with E-state index in [9.17, 15) is 13.2 Å². The first-order chi connectivity index (χ1) is 13.4. The van der Waals surface area contributed by atoms with E-state index in [0.29, 0.717) is 12.1 Å². The first kappa shape index (κ1) is 20.5. The summed E-state index contributed by atoms with van der Waals surface area (Å²) in [4.78, 5) is 17.2. The molecule has 28 heavy (non-hydrogen) atoms. The van der Waals surface area contributed by atoms with Crippen LogP contribution in [0.2, 0.25) is 0 Å². The third kappa shape index (κ3) is 5.89. The number of benzene rings is 2. The lowest BCUT2D eigenvalue weighted by atomic mass is 10.2. The Kier molecular flexibility index (Phi) is 6.83. The van der Waals surface area contributed by atoms with Gasteiger partial charge in [-0.3, -0.25) is 14.6 Å². The molecule has 1 heterocycles. The van der Waals surface area contributed by atoms with Crippen molar-refractivity contribution in [3.05, 3.63) is 65.7 Å². The van der Waals surface area contributed by atoms with Crippen molar-refractivity contribution < 1.29 is 13.2 Å². The van der Waals surface area contributed by atoms with Crippen LogP contribution < -0.4 is 5.32 Å². The molecule has 1 N–H and O–H groups in total. The second-order valence-electron chi connectivity index (χ2n) is 7.16. The highest BCUT2D eigenvalue weighted by Gasteiger charge is 2.17. The number of sulfone groups is 1. The van der Waals surface area contributed by atoms with Crippen LogP contribution in [0.3, 0.4) is 0 Å². The van der Waals surface area contributed by atoms with Crippen LogP contribution in [0.4, 0.5) is 0 Å². The predicted molar refractivity (Wildman–Crippen MR) is 110 cm³/mol. The molecule has 0 atom stereocenters. The standard InChI is InChI=1S/C21H27N3O3S/c1-28(26,27)20-9-7-19(8-10-20)21(25)22-11-12-23-13-15-24(16-14-23)17-18-5-3-2-4-6-18/h2-10H,11-17H2,1H3,(H,22,25). The fraction of sp³-hybridized carbons (Fsp3) is 0.381. The SMILES string of the molecule is CS(=O)(=O)c1ccc(C(=O)NCCN2CCN(Cc3ccccc3)CC2)cc1. The number of nitrogens with zero attached hydrogens (tertiary/aromatic N) is 2. The van der Waals surface area contributed by atoms with Gasteiger partial charge in [0, 0.05) is 57.6 Å². The highest BCUT2D eigenvalue weighted by molar-refractivity contribution is 7.90. The van der Waals surface area contributed by atoms with Gasteiger partial charge in [-0.05, 0) is 29.8 Å². The minimum atomic E-state index is -3.24. The second kappa shape index (κ2) is 9.32. The molecule has 0 bridgehead atoms. The molecule has 2 aromatic carbocycles. The van der Waals surface area contributed by atoms with E-state index in [2.05, 4.69) is 39.4 Å². The maximum atomic E-state index is 12.2. The molecule has 6 nitrogen and oxygen atoms in total. The van der Waals surface area contributed by atoms with Crippen molar-refractivity contribution in [2.75, 3.05) is 45.5 Å². The molecular weight excluding hydrogens is 374 g/mol. The van der Waals surface area contributed by atoms with E-state index >= 15 is 0 Å². The van der Waals surface area contributed by atoms with Crippen LogP contribution in [0, 0.1) is 0 Å². The summed E-state index contributed by atoms with van der Waals surface area (Å²) >= 11 is 0. The van der Waals surface area contributed by atoms with Crippen LogP contribution in [0.1, 0.15) is 15.9 Å². The zero-order chi connectivity index (χ0) is 20.0.